The third-order valence-corrected chi connectivity index (χ3v) is 5.85. The lowest BCUT2D eigenvalue weighted by Gasteiger charge is -2.37. The Morgan fingerprint density at radius 3 is 2.50 bits per heavy atom. The van der Waals surface area contributed by atoms with Gasteiger partial charge in [-0.3, -0.25) is 19.7 Å². The van der Waals surface area contributed by atoms with E-state index in [0.29, 0.717) is 12.5 Å². The minimum absolute atomic E-state index is 0. The molecule has 1 aromatic rings. The van der Waals surface area contributed by atoms with E-state index < -0.39 is 0 Å². The Kier molecular flexibility index (Phi) is 10.8. The van der Waals surface area contributed by atoms with Gasteiger partial charge in [-0.1, -0.05) is 0 Å². The molecule has 2 saturated heterocycles. The van der Waals surface area contributed by atoms with Crippen molar-refractivity contribution in [2.24, 2.45) is 4.99 Å². The van der Waals surface area contributed by atoms with Gasteiger partial charge in [0, 0.05) is 64.8 Å². The quantitative estimate of drug-likeness (QED) is 0.349. The van der Waals surface area contributed by atoms with Crippen molar-refractivity contribution in [2.45, 2.75) is 39.5 Å². The number of likely N-dealkylation sites (tertiary alicyclic amines) is 1. The van der Waals surface area contributed by atoms with Crippen molar-refractivity contribution in [1.82, 2.24) is 25.0 Å². The minimum atomic E-state index is 0. The number of aromatic nitrogens is 1. The maximum absolute atomic E-state index is 12.5. The van der Waals surface area contributed by atoms with Crippen LogP contribution in [0.1, 0.15) is 37.3 Å². The first kappa shape index (κ1) is 24.8. The second-order valence-electron chi connectivity index (χ2n) is 7.99. The van der Waals surface area contributed by atoms with Gasteiger partial charge in [0.1, 0.15) is 0 Å². The number of hydrogen-bond acceptors (Lipinski definition) is 4. The Morgan fingerprint density at radius 2 is 1.83 bits per heavy atom. The van der Waals surface area contributed by atoms with Crippen LogP contribution in [0.4, 0.5) is 0 Å². The zero-order chi connectivity index (χ0) is 20.5. The highest BCUT2D eigenvalue weighted by molar-refractivity contribution is 14.0. The van der Waals surface area contributed by atoms with Crippen LogP contribution in [0.5, 0.6) is 0 Å². The number of hydrogen-bond donors (Lipinski definition) is 1. The normalized spacial score (nSPS) is 18.1. The standard InChI is InChI=1S/C22H36N6O.HI/c1-3-24-22(25-10-8-20-7-9-23-17-19(20)2)28-15-13-26(14-16-28)18-21(29)27-11-5-4-6-12-27;/h7,9,17H,3-6,8,10-16,18H2,1-2H3,(H,24,25);1H. The summed E-state index contributed by atoms with van der Waals surface area (Å²) in [6, 6.07) is 2.08. The fraction of sp³-hybridized carbons (Fsp3) is 0.682. The summed E-state index contributed by atoms with van der Waals surface area (Å²) in [5, 5.41) is 3.43. The van der Waals surface area contributed by atoms with Gasteiger partial charge in [0.2, 0.25) is 5.91 Å². The zero-order valence-corrected chi connectivity index (χ0v) is 20.8. The number of carbonyl (C=O) groups excluding carboxylic acids is 1. The average molecular weight is 528 g/mol. The van der Waals surface area contributed by atoms with E-state index in [9.17, 15) is 4.79 Å². The Labute approximate surface area is 198 Å². The van der Waals surface area contributed by atoms with Gasteiger partial charge in [-0.05, 0) is 56.7 Å². The van der Waals surface area contributed by atoms with E-state index in [-0.39, 0.29) is 24.0 Å². The van der Waals surface area contributed by atoms with Crippen LogP contribution in [-0.4, -0.2) is 90.5 Å². The molecule has 1 aromatic heterocycles. The summed E-state index contributed by atoms with van der Waals surface area (Å²) in [4.78, 5) is 28.2. The number of rotatable bonds is 6. The summed E-state index contributed by atoms with van der Waals surface area (Å²) in [7, 11) is 0. The molecule has 8 heteroatoms. The number of nitrogens with zero attached hydrogens (tertiary/aromatic N) is 5. The number of pyridine rings is 1. The number of halogens is 1. The Morgan fingerprint density at radius 1 is 1.10 bits per heavy atom. The van der Waals surface area contributed by atoms with Crippen LogP contribution in [0.2, 0.25) is 0 Å². The molecule has 0 aliphatic carbocycles. The lowest BCUT2D eigenvalue weighted by molar-refractivity contribution is -0.133. The molecule has 30 heavy (non-hydrogen) atoms. The number of amides is 1. The molecule has 1 N–H and O–H groups in total. The monoisotopic (exact) mass is 528 g/mol. The van der Waals surface area contributed by atoms with E-state index >= 15 is 0 Å². The summed E-state index contributed by atoms with van der Waals surface area (Å²) >= 11 is 0. The van der Waals surface area contributed by atoms with Crippen LogP contribution in [0.25, 0.3) is 0 Å². The van der Waals surface area contributed by atoms with Crippen LogP contribution in [-0.2, 0) is 11.2 Å². The Balaban J connectivity index is 0.00000320. The number of carbonyl (C=O) groups is 1. The fourth-order valence-electron chi connectivity index (χ4n) is 4.04. The summed E-state index contributed by atoms with van der Waals surface area (Å²) in [5.41, 5.74) is 2.53. The SMILES string of the molecule is CCNC(=NCCc1ccncc1C)N1CCN(CC(=O)N2CCCCC2)CC1.I. The molecule has 0 unspecified atom stereocenters. The summed E-state index contributed by atoms with van der Waals surface area (Å²) in [6.07, 6.45) is 8.25. The molecule has 0 spiro atoms. The average Bonchev–Trinajstić information content (AvgIpc) is 2.75. The lowest BCUT2D eigenvalue weighted by atomic mass is 10.1. The highest BCUT2D eigenvalue weighted by atomic mass is 127. The molecule has 0 atom stereocenters. The molecule has 0 bridgehead atoms. The highest BCUT2D eigenvalue weighted by Gasteiger charge is 2.24. The van der Waals surface area contributed by atoms with E-state index in [4.69, 9.17) is 4.99 Å². The number of nitrogens with one attached hydrogen (secondary N) is 1. The van der Waals surface area contributed by atoms with E-state index in [1.807, 2.05) is 17.3 Å². The molecule has 0 aromatic carbocycles. The van der Waals surface area contributed by atoms with Crippen molar-refractivity contribution in [2.75, 3.05) is 58.9 Å². The van der Waals surface area contributed by atoms with Crippen LogP contribution in [0, 0.1) is 6.92 Å². The third-order valence-electron chi connectivity index (χ3n) is 5.85. The summed E-state index contributed by atoms with van der Waals surface area (Å²) in [6.45, 7) is 11.9. The minimum Gasteiger partial charge on any atom is -0.357 e. The van der Waals surface area contributed by atoms with Gasteiger partial charge in [-0.25, -0.2) is 0 Å². The van der Waals surface area contributed by atoms with E-state index in [0.717, 1.165) is 77.6 Å². The molecule has 2 fully saturated rings. The van der Waals surface area contributed by atoms with E-state index in [1.54, 1.807) is 0 Å². The van der Waals surface area contributed by atoms with Crippen molar-refractivity contribution >= 4 is 35.8 Å². The third kappa shape index (κ3) is 7.37. The van der Waals surface area contributed by atoms with Crippen molar-refractivity contribution in [1.29, 1.82) is 0 Å². The smallest absolute Gasteiger partial charge is 0.236 e. The molecule has 3 heterocycles. The molecule has 0 saturated carbocycles. The van der Waals surface area contributed by atoms with Gasteiger partial charge in [-0.2, -0.15) is 0 Å². The Bertz CT molecular complexity index is 684. The van der Waals surface area contributed by atoms with E-state index in [1.165, 1.54) is 17.5 Å². The van der Waals surface area contributed by atoms with Gasteiger partial charge in [0.05, 0.1) is 6.54 Å². The van der Waals surface area contributed by atoms with Crippen LogP contribution >= 0.6 is 24.0 Å². The summed E-state index contributed by atoms with van der Waals surface area (Å²) in [5.74, 6) is 1.28. The number of aryl methyl sites for hydroxylation is 1. The number of piperidine rings is 1. The number of guanidine groups is 1. The molecular weight excluding hydrogens is 491 g/mol. The van der Waals surface area contributed by atoms with Gasteiger partial charge in [-0.15, -0.1) is 24.0 Å². The van der Waals surface area contributed by atoms with Crippen molar-refractivity contribution in [3.63, 3.8) is 0 Å². The van der Waals surface area contributed by atoms with Crippen LogP contribution < -0.4 is 5.32 Å². The van der Waals surface area contributed by atoms with Crippen LogP contribution in [0.15, 0.2) is 23.5 Å². The maximum atomic E-state index is 12.5. The fourth-order valence-corrected chi connectivity index (χ4v) is 4.04. The number of aliphatic imine (C=N–C) groups is 1. The maximum Gasteiger partial charge on any atom is 0.236 e. The van der Waals surface area contributed by atoms with Gasteiger partial charge < -0.3 is 15.1 Å². The first-order valence-electron chi connectivity index (χ1n) is 11.1. The first-order chi connectivity index (χ1) is 14.2. The molecule has 0 radical (unpaired) electrons. The molecule has 7 nitrogen and oxygen atoms in total. The molecule has 3 rings (SSSR count). The van der Waals surface area contributed by atoms with E-state index in [2.05, 4.69) is 40.0 Å². The lowest BCUT2D eigenvalue weighted by Crippen LogP contribution is -2.54. The van der Waals surface area contributed by atoms with Crippen molar-refractivity contribution in [3.8, 4) is 0 Å². The highest BCUT2D eigenvalue weighted by Crippen LogP contribution is 2.11. The molecule has 2 aliphatic rings. The topological polar surface area (TPSA) is 64.1 Å². The number of piperazine rings is 1. The van der Waals surface area contributed by atoms with Gasteiger partial charge >= 0.3 is 0 Å². The summed E-state index contributed by atoms with van der Waals surface area (Å²) < 4.78 is 0. The second kappa shape index (κ2) is 13.1. The largest absolute Gasteiger partial charge is 0.357 e. The first-order valence-corrected chi connectivity index (χ1v) is 11.1. The zero-order valence-electron chi connectivity index (χ0n) is 18.5. The van der Waals surface area contributed by atoms with Gasteiger partial charge in [0.15, 0.2) is 5.96 Å². The van der Waals surface area contributed by atoms with Crippen LogP contribution in [0.3, 0.4) is 0 Å². The predicted molar refractivity (Wildman–Crippen MR) is 133 cm³/mol. The van der Waals surface area contributed by atoms with Crippen molar-refractivity contribution in [3.05, 3.63) is 29.6 Å². The predicted octanol–water partition coefficient (Wildman–Crippen LogP) is 2.15. The van der Waals surface area contributed by atoms with Crippen molar-refractivity contribution < 1.29 is 4.79 Å². The second-order valence-corrected chi connectivity index (χ2v) is 7.99. The van der Waals surface area contributed by atoms with Gasteiger partial charge in [0.25, 0.3) is 0 Å². The Hall–Kier alpha value is -1.42. The molecule has 2 aliphatic heterocycles. The molecule has 168 valence electrons. The molecular formula is C22H37IN6O. The molecule has 1 amide bonds.